The SMILES string of the molecule is OCCN(CC1CCCN1)c1ncccn1. The van der Waals surface area contributed by atoms with Gasteiger partial charge in [0.15, 0.2) is 0 Å². The van der Waals surface area contributed by atoms with Crippen molar-refractivity contribution in [1.82, 2.24) is 15.3 Å². The monoisotopic (exact) mass is 222 g/mol. The Balaban J connectivity index is 1.99. The lowest BCUT2D eigenvalue weighted by Crippen LogP contribution is -2.39. The molecule has 88 valence electrons. The molecule has 5 heteroatoms. The summed E-state index contributed by atoms with van der Waals surface area (Å²) < 4.78 is 0. The molecule has 1 aliphatic heterocycles. The molecule has 1 atom stereocenters. The molecular weight excluding hydrogens is 204 g/mol. The Bertz CT molecular complexity index is 300. The van der Waals surface area contributed by atoms with Crippen LogP contribution in [0.15, 0.2) is 18.5 Å². The van der Waals surface area contributed by atoms with E-state index in [0.717, 1.165) is 13.1 Å². The molecule has 0 amide bonds. The number of nitrogens with one attached hydrogen (secondary N) is 1. The fourth-order valence-electron chi connectivity index (χ4n) is 2.03. The molecule has 2 rings (SSSR count). The van der Waals surface area contributed by atoms with Gasteiger partial charge in [0.1, 0.15) is 0 Å². The van der Waals surface area contributed by atoms with E-state index in [4.69, 9.17) is 5.11 Å². The van der Waals surface area contributed by atoms with E-state index in [1.165, 1.54) is 12.8 Å². The molecule has 1 unspecified atom stereocenters. The van der Waals surface area contributed by atoms with Crippen LogP contribution in [-0.4, -0.2) is 47.4 Å². The third kappa shape index (κ3) is 2.90. The van der Waals surface area contributed by atoms with Crippen molar-refractivity contribution in [3.63, 3.8) is 0 Å². The first-order chi connectivity index (χ1) is 7.90. The number of aromatic nitrogens is 2. The van der Waals surface area contributed by atoms with Gasteiger partial charge in [0.2, 0.25) is 5.95 Å². The van der Waals surface area contributed by atoms with Crippen LogP contribution in [0.4, 0.5) is 5.95 Å². The van der Waals surface area contributed by atoms with Gasteiger partial charge in [-0.1, -0.05) is 0 Å². The summed E-state index contributed by atoms with van der Waals surface area (Å²) in [5, 5.41) is 12.5. The van der Waals surface area contributed by atoms with E-state index in [-0.39, 0.29) is 6.61 Å². The van der Waals surface area contributed by atoms with Gasteiger partial charge in [0.25, 0.3) is 0 Å². The summed E-state index contributed by atoms with van der Waals surface area (Å²) in [6.45, 7) is 2.67. The Labute approximate surface area is 95.5 Å². The fourth-order valence-corrected chi connectivity index (χ4v) is 2.03. The van der Waals surface area contributed by atoms with Crippen molar-refractivity contribution in [2.45, 2.75) is 18.9 Å². The Hall–Kier alpha value is -1.20. The molecule has 1 aliphatic rings. The summed E-state index contributed by atoms with van der Waals surface area (Å²) in [5.41, 5.74) is 0. The second kappa shape index (κ2) is 5.77. The topological polar surface area (TPSA) is 61.3 Å². The van der Waals surface area contributed by atoms with Crippen LogP contribution in [0, 0.1) is 0 Å². The van der Waals surface area contributed by atoms with Crippen molar-refractivity contribution in [3.05, 3.63) is 18.5 Å². The third-order valence-electron chi connectivity index (χ3n) is 2.81. The minimum atomic E-state index is 0.130. The number of aliphatic hydroxyl groups excluding tert-OH is 1. The Morgan fingerprint density at radius 1 is 1.44 bits per heavy atom. The third-order valence-corrected chi connectivity index (χ3v) is 2.81. The van der Waals surface area contributed by atoms with E-state index < -0.39 is 0 Å². The minimum absolute atomic E-state index is 0.130. The van der Waals surface area contributed by atoms with E-state index in [0.29, 0.717) is 18.5 Å². The second-order valence-corrected chi connectivity index (χ2v) is 4.01. The quantitative estimate of drug-likeness (QED) is 0.736. The molecule has 0 aromatic carbocycles. The number of rotatable bonds is 5. The molecule has 5 nitrogen and oxygen atoms in total. The van der Waals surface area contributed by atoms with Crippen LogP contribution in [0.1, 0.15) is 12.8 Å². The average molecular weight is 222 g/mol. The minimum Gasteiger partial charge on any atom is -0.395 e. The molecule has 0 saturated carbocycles. The number of hydrogen-bond acceptors (Lipinski definition) is 5. The molecule has 0 bridgehead atoms. The number of anilines is 1. The van der Waals surface area contributed by atoms with Crippen LogP contribution in [-0.2, 0) is 0 Å². The highest BCUT2D eigenvalue weighted by molar-refractivity contribution is 5.28. The van der Waals surface area contributed by atoms with Crippen molar-refractivity contribution >= 4 is 5.95 Å². The van der Waals surface area contributed by atoms with Gasteiger partial charge >= 0.3 is 0 Å². The molecule has 1 aromatic rings. The lowest BCUT2D eigenvalue weighted by Gasteiger charge is -2.24. The summed E-state index contributed by atoms with van der Waals surface area (Å²) in [5.74, 6) is 0.699. The lowest BCUT2D eigenvalue weighted by molar-refractivity contribution is 0.299. The average Bonchev–Trinajstić information content (AvgIpc) is 2.83. The molecular formula is C11H18N4O. The molecule has 2 heterocycles. The van der Waals surface area contributed by atoms with Crippen LogP contribution in [0.2, 0.25) is 0 Å². The normalized spacial score (nSPS) is 19.9. The van der Waals surface area contributed by atoms with E-state index >= 15 is 0 Å². The van der Waals surface area contributed by atoms with Gasteiger partial charge < -0.3 is 15.3 Å². The van der Waals surface area contributed by atoms with Crippen LogP contribution < -0.4 is 10.2 Å². The smallest absolute Gasteiger partial charge is 0.225 e. The predicted octanol–water partition coefficient (Wildman–Crippen LogP) is 0.0273. The standard InChI is InChI=1S/C11H18N4O/c16-8-7-15(9-10-3-1-4-12-10)11-13-5-2-6-14-11/h2,5-6,10,12,16H,1,3-4,7-9H2. The zero-order valence-electron chi connectivity index (χ0n) is 9.34. The van der Waals surface area contributed by atoms with Crippen LogP contribution >= 0.6 is 0 Å². The van der Waals surface area contributed by atoms with Gasteiger partial charge in [-0.2, -0.15) is 0 Å². The molecule has 1 aromatic heterocycles. The Kier molecular flexibility index (Phi) is 4.07. The molecule has 1 saturated heterocycles. The largest absolute Gasteiger partial charge is 0.395 e. The Morgan fingerprint density at radius 3 is 2.88 bits per heavy atom. The van der Waals surface area contributed by atoms with Crippen LogP contribution in [0.5, 0.6) is 0 Å². The molecule has 16 heavy (non-hydrogen) atoms. The summed E-state index contributed by atoms with van der Waals surface area (Å²) in [6, 6.07) is 2.30. The first kappa shape index (κ1) is 11.3. The van der Waals surface area contributed by atoms with E-state index in [1.807, 2.05) is 4.90 Å². The maximum atomic E-state index is 9.05. The summed E-state index contributed by atoms with van der Waals surface area (Å²) in [6.07, 6.45) is 5.88. The first-order valence-electron chi connectivity index (χ1n) is 5.76. The highest BCUT2D eigenvalue weighted by Gasteiger charge is 2.18. The van der Waals surface area contributed by atoms with E-state index in [9.17, 15) is 0 Å². The second-order valence-electron chi connectivity index (χ2n) is 4.01. The van der Waals surface area contributed by atoms with Crippen molar-refractivity contribution in [2.75, 3.05) is 31.1 Å². The maximum Gasteiger partial charge on any atom is 0.225 e. The summed E-state index contributed by atoms with van der Waals surface area (Å²) in [4.78, 5) is 10.5. The Morgan fingerprint density at radius 2 is 2.25 bits per heavy atom. The highest BCUT2D eigenvalue weighted by atomic mass is 16.3. The van der Waals surface area contributed by atoms with Crippen molar-refractivity contribution in [2.24, 2.45) is 0 Å². The predicted molar refractivity (Wildman–Crippen MR) is 62.4 cm³/mol. The summed E-state index contributed by atoms with van der Waals surface area (Å²) in [7, 11) is 0. The summed E-state index contributed by atoms with van der Waals surface area (Å²) >= 11 is 0. The van der Waals surface area contributed by atoms with Gasteiger partial charge in [-0.25, -0.2) is 9.97 Å². The van der Waals surface area contributed by atoms with E-state index in [1.54, 1.807) is 18.5 Å². The van der Waals surface area contributed by atoms with Gasteiger partial charge in [-0.05, 0) is 25.5 Å². The van der Waals surface area contributed by atoms with Gasteiger partial charge in [0.05, 0.1) is 6.61 Å². The maximum absolute atomic E-state index is 9.05. The zero-order valence-corrected chi connectivity index (χ0v) is 9.34. The van der Waals surface area contributed by atoms with Crippen molar-refractivity contribution in [3.8, 4) is 0 Å². The van der Waals surface area contributed by atoms with Gasteiger partial charge in [0, 0.05) is 31.5 Å². The molecule has 0 aliphatic carbocycles. The molecule has 2 N–H and O–H groups in total. The first-order valence-corrected chi connectivity index (χ1v) is 5.76. The zero-order chi connectivity index (χ0) is 11.2. The number of hydrogen-bond donors (Lipinski definition) is 2. The molecule has 0 spiro atoms. The number of aliphatic hydroxyl groups is 1. The highest BCUT2D eigenvalue weighted by Crippen LogP contribution is 2.11. The number of nitrogens with zero attached hydrogens (tertiary/aromatic N) is 3. The lowest BCUT2D eigenvalue weighted by atomic mass is 10.2. The van der Waals surface area contributed by atoms with Crippen molar-refractivity contribution < 1.29 is 5.11 Å². The van der Waals surface area contributed by atoms with Crippen LogP contribution in [0.25, 0.3) is 0 Å². The molecule has 0 radical (unpaired) electrons. The van der Waals surface area contributed by atoms with Gasteiger partial charge in [-0.15, -0.1) is 0 Å². The van der Waals surface area contributed by atoms with Crippen LogP contribution in [0.3, 0.4) is 0 Å². The van der Waals surface area contributed by atoms with Gasteiger partial charge in [-0.3, -0.25) is 0 Å². The fraction of sp³-hybridized carbons (Fsp3) is 0.636. The molecule has 1 fully saturated rings. The van der Waals surface area contributed by atoms with E-state index in [2.05, 4.69) is 15.3 Å². The van der Waals surface area contributed by atoms with Crippen molar-refractivity contribution in [1.29, 1.82) is 0 Å².